The Morgan fingerprint density at radius 3 is 2.40 bits per heavy atom. The van der Waals surface area contributed by atoms with E-state index >= 15 is 0 Å². The molecule has 1 N–H and O–H groups in total. The van der Waals surface area contributed by atoms with Crippen LogP contribution in [0.2, 0.25) is 0 Å². The first kappa shape index (κ1) is 12.3. The van der Waals surface area contributed by atoms with Gasteiger partial charge >= 0.3 is 0 Å². The predicted molar refractivity (Wildman–Crippen MR) is 60.0 cm³/mol. The quantitative estimate of drug-likeness (QED) is 0.916. The molecule has 0 radical (unpaired) electrons. The smallest absolute Gasteiger partial charge is 0.198 e. The molecule has 3 nitrogen and oxygen atoms in total. The lowest BCUT2D eigenvalue weighted by Gasteiger charge is -2.14. The highest BCUT2D eigenvalue weighted by atomic mass is 79.9. The third-order valence-corrected chi connectivity index (χ3v) is 2.56. The lowest BCUT2D eigenvalue weighted by Crippen LogP contribution is -2.08. The third kappa shape index (κ3) is 2.41. The van der Waals surface area contributed by atoms with Gasteiger partial charge in [-0.05, 0) is 29.0 Å². The van der Waals surface area contributed by atoms with E-state index in [1.807, 2.05) is 7.05 Å². The summed E-state index contributed by atoms with van der Waals surface area (Å²) in [5.41, 5.74) is 0.838. The van der Waals surface area contributed by atoms with E-state index in [0.29, 0.717) is 16.8 Å². The topological polar surface area (TPSA) is 30.5 Å². The molecular weight excluding hydrogens is 265 g/mol. The molecule has 0 spiro atoms. The second-order valence-corrected chi connectivity index (χ2v) is 3.78. The standard InChI is InChI=1S/C10H13BrFNO2/c1-13-5-6-4-7(11)8(12)10(15-3)9(6)14-2/h4,13H,5H2,1-3H3. The van der Waals surface area contributed by atoms with E-state index in [4.69, 9.17) is 9.47 Å². The highest BCUT2D eigenvalue weighted by Gasteiger charge is 2.18. The Bertz CT molecular complexity index is 358. The Labute approximate surface area is 96.7 Å². The summed E-state index contributed by atoms with van der Waals surface area (Å²) < 4.78 is 24.1. The van der Waals surface area contributed by atoms with E-state index in [9.17, 15) is 4.39 Å². The molecule has 15 heavy (non-hydrogen) atoms. The molecule has 0 heterocycles. The fourth-order valence-corrected chi connectivity index (χ4v) is 1.82. The Morgan fingerprint density at radius 2 is 1.93 bits per heavy atom. The molecule has 0 aliphatic heterocycles. The van der Waals surface area contributed by atoms with Gasteiger partial charge in [-0.2, -0.15) is 0 Å². The monoisotopic (exact) mass is 277 g/mol. The van der Waals surface area contributed by atoms with Crippen molar-refractivity contribution in [1.82, 2.24) is 5.32 Å². The van der Waals surface area contributed by atoms with Gasteiger partial charge in [-0.1, -0.05) is 0 Å². The molecule has 0 unspecified atom stereocenters. The number of methoxy groups -OCH3 is 2. The Hall–Kier alpha value is -0.810. The summed E-state index contributed by atoms with van der Waals surface area (Å²) >= 11 is 3.13. The molecule has 1 aromatic carbocycles. The summed E-state index contributed by atoms with van der Waals surface area (Å²) in [6, 6.07) is 1.67. The van der Waals surface area contributed by atoms with Crippen molar-refractivity contribution in [2.45, 2.75) is 6.54 Å². The van der Waals surface area contributed by atoms with E-state index < -0.39 is 5.82 Å². The van der Waals surface area contributed by atoms with Gasteiger partial charge < -0.3 is 14.8 Å². The minimum absolute atomic E-state index is 0.122. The summed E-state index contributed by atoms with van der Waals surface area (Å²) in [5, 5.41) is 2.98. The van der Waals surface area contributed by atoms with Crippen LogP contribution in [0.5, 0.6) is 11.5 Å². The normalized spacial score (nSPS) is 10.2. The number of benzene rings is 1. The van der Waals surface area contributed by atoms with Crippen LogP contribution in [0, 0.1) is 5.82 Å². The van der Waals surface area contributed by atoms with Gasteiger partial charge in [0.1, 0.15) is 0 Å². The maximum atomic E-state index is 13.6. The molecule has 5 heteroatoms. The van der Waals surface area contributed by atoms with Crippen LogP contribution in [0.3, 0.4) is 0 Å². The Kier molecular flexibility index (Phi) is 4.35. The zero-order chi connectivity index (χ0) is 11.4. The number of hydrogen-bond acceptors (Lipinski definition) is 3. The van der Waals surface area contributed by atoms with Crippen molar-refractivity contribution < 1.29 is 13.9 Å². The average Bonchev–Trinajstić information content (AvgIpc) is 2.23. The highest BCUT2D eigenvalue weighted by molar-refractivity contribution is 9.10. The molecule has 0 aliphatic rings. The van der Waals surface area contributed by atoms with Crippen molar-refractivity contribution in [3.8, 4) is 11.5 Å². The number of nitrogens with one attached hydrogen (secondary N) is 1. The van der Waals surface area contributed by atoms with Crippen LogP contribution < -0.4 is 14.8 Å². The molecule has 1 rings (SSSR count). The lowest BCUT2D eigenvalue weighted by molar-refractivity contribution is 0.333. The number of hydrogen-bond donors (Lipinski definition) is 1. The number of ether oxygens (including phenoxy) is 2. The molecule has 0 aromatic heterocycles. The van der Waals surface area contributed by atoms with Gasteiger partial charge in [0.15, 0.2) is 17.3 Å². The summed E-state index contributed by atoms with van der Waals surface area (Å²) in [7, 11) is 4.71. The molecule has 0 atom stereocenters. The average molecular weight is 278 g/mol. The van der Waals surface area contributed by atoms with Crippen LogP contribution in [0.15, 0.2) is 10.5 Å². The minimum atomic E-state index is -0.450. The van der Waals surface area contributed by atoms with Gasteiger partial charge in [-0.3, -0.25) is 0 Å². The van der Waals surface area contributed by atoms with Crippen molar-refractivity contribution in [2.24, 2.45) is 0 Å². The fourth-order valence-electron chi connectivity index (χ4n) is 1.36. The van der Waals surface area contributed by atoms with E-state index in [0.717, 1.165) is 5.56 Å². The van der Waals surface area contributed by atoms with Gasteiger partial charge in [-0.25, -0.2) is 4.39 Å². The van der Waals surface area contributed by atoms with Crippen molar-refractivity contribution in [3.63, 3.8) is 0 Å². The molecule has 84 valence electrons. The van der Waals surface area contributed by atoms with Gasteiger partial charge in [0.25, 0.3) is 0 Å². The van der Waals surface area contributed by atoms with E-state index in [1.54, 1.807) is 6.07 Å². The first-order chi connectivity index (χ1) is 7.15. The maximum Gasteiger partial charge on any atom is 0.198 e. The van der Waals surface area contributed by atoms with Gasteiger partial charge in [0.2, 0.25) is 0 Å². The number of halogens is 2. The van der Waals surface area contributed by atoms with Crippen LogP contribution in [-0.4, -0.2) is 21.3 Å². The van der Waals surface area contributed by atoms with Crippen molar-refractivity contribution in [2.75, 3.05) is 21.3 Å². The molecule has 1 aromatic rings. The molecule has 0 fully saturated rings. The maximum absolute atomic E-state index is 13.6. The van der Waals surface area contributed by atoms with E-state index in [1.165, 1.54) is 14.2 Å². The molecule has 0 amide bonds. The van der Waals surface area contributed by atoms with Crippen LogP contribution in [0.4, 0.5) is 4.39 Å². The van der Waals surface area contributed by atoms with Gasteiger partial charge in [0, 0.05) is 12.1 Å². The second-order valence-electron chi connectivity index (χ2n) is 2.93. The van der Waals surface area contributed by atoms with E-state index in [2.05, 4.69) is 21.2 Å². The largest absolute Gasteiger partial charge is 0.492 e. The number of rotatable bonds is 4. The SMILES string of the molecule is CNCc1cc(Br)c(F)c(OC)c1OC. The summed E-state index contributed by atoms with van der Waals surface area (Å²) in [6.07, 6.45) is 0. The zero-order valence-electron chi connectivity index (χ0n) is 8.86. The van der Waals surface area contributed by atoms with Crippen molar-refractivity contribution in [1.29, 1.82) is 0 Å². The first-order valence-corrected chi connectivity index (χ1v) is 5.18. The molecule has 0 aliphatic carbocycles. The predicted octanol–water partition coefficient (Wildman–Crippen LogP) is 2.32. The third-order valence-electron chi connectivity index (χ3n) is 1.98. The summed E-state index contributed by atoms with van der Waals surface area (Å²) in [6.45, 7) is 0.582. The molecule has 0 saturated heterocycles. The van der Waals surface area contributed by atoms with Crippen LogP contribution in [0.25, 0.3) is 0 Å². The lowest BCUT2D eigenvalue weighted by atomic mass is 10.1. The zero-order valence-corrected chi connectivity index (χ0v) is 10.4. The van der Waals surface area contributed by atoms with Gasteiger partial charge in [0.05, 0.1) is 18.7 Å². The van der Waals surface area contributed by atoms with Crippen LogP contribution in [-0.2, 0) is 6.54 Å². The minimum Gasteiger partial charge on any atom is -0.492 e. The van der Waals surface area contributed by atoms with Crippen LogP contribution >= 0.6 is 15.9 Å². The molecule has 0 saturated carbocycles. The summed E-state index contributed by atoms with van der Waals surface area (Å²) in [4.78, 5) is 0. The van der Waals surface area contributed by atoms with Crippen molar-refractivity contribution >= 4 is 15.9 Å². The second kappa shape index (κ2) is 5.32. The Morgan fingerprint density at radius 1 is 1.33 bits per heavy atom. The summed E-state index contributed by atoms with van der Waals surface area (Å²) in [5.74, 6) is 0.0962. The first-order valence-electron chi connectivity index (χ1n) is 4.39. The van der Waals surface area contributed by atoms with Crippen LogP contribution in [0.1, 0.15) is 5.56 Å². The van der Waals surface area contributed by atoms with Crippen molar-refractivity contribution in [3.05, 3.63) is 21.9 Å². The van der Waals surface area contributed by atoms with E-state index in [-0.39, 0.29) is 5.75 Å². The highest BCUT2D eigenvalue weighted by Crippen LogP contribution is 2.37. The fraction of sp³-hybridized carbons (Fsp3) is 0.400. The molecular formula is C10H13BrFNO2. The van der Waals surface area contributed by atoms with Gasteiger partial charge in [-0.15, -0.1) is 0 Å². The molecule has 0 bridgehead atoms. The Balaban J connectivity index is 3.33.